The minimum Gasteiger partial charge on any atom is -0.379 e. The van der Waals surface area contributed by atoms with E-state index >= 15 is 0 Å². The molecule has 0 rings (SSSR count). The molecule has 0 radical (unpaired) electrons. The Morgan fingerprint density at radius 3 is 1.97 bits per heavy atom. The summed E-state index contributed by atoms with van der Waals surface area (Å²) in [4.78, 5) is 43.2. The molecule has 0 aliphatic rings. The Hall–Kier alpha value is -2.16. The third kappa shape index (κ3) is 28.1. The van der Waals surface area contributed by atoms with Crippen molar-refractivity contribution in [2.45, 2.75) is 26.2 Å². The fourth-order valence-corrected chi connectivity index (χ4v) is 1.72. The van der Waals surface area contributed by atoms with Gasteiger partial charge in [0, 0.05) is 38.7 Å². The van der Waals surface area contributed by atoms with E-state index in [1.54, 1.807) is 0 Å². The average molecular weight is 433 g/mol. The molecule has 30 heavy (non-hydrogen) atoms. The maximum Gasteiger partial charge on any atom is 0.373 e. The number of nitrogens with one attached hydrogen (secondary N) is 1. The summed E-state index contributed by atoms with van der Waals surface area (Å²) >= 11 is 0. The topological polar surface area (TPSA) is 147 Å². The number of amides is 1. The Morgan fingerprint density at radius 1 is 0.800 bits per heavy atom. The lowest BCUT2D eigenvalue weighted by Gasteiger charge is -2.05. The minimum absolute atomic E-state index is 0.235. The number of hydrogen-bond acceptors (Lipinski definition) is 10. The van der Waals surface area contributed by atoms with E-state index in [1.165, 1.54) is 0 Å². The highest BCUT2D eigenvalue weighted by Crippen LogP contribution is 1.91. The molecule has 0 saturated heterocycles. The van der Waals surface area contributed by atoms with E-state index in [0.29, 0.717) is 72.2 Å². The van der Waals surface area contributed by atoms with Crippen molar-refractivity contribution in [2.75, 3.05) is 66.0 Å². The highest BCUT2D eigenvalue weighted by molar-refractivity contribution is 6.03. The van der Waals surface area contributed by atoms with Crippen LogP contribution in [0, 0.1) is 11.8 Å². The Labute approximate surface area is 176 Å². The van der Waals surface area contributed by atoms with Crippen molar-refractivity contribution in [3.63, 3.8) is 0 Å². The molecule has 0 aromatic rings. The zero-order valence-corrected chi connectivity index (χ0v) is 17.3. The van der Waals surface area contributed by atoms with Crippen LogP contribution in [0.1, 0.15) is 26.2 Å². The minimum atomic E-state index is -0.514. The second-order valence-corrected chi connectivity index (χ2v) is 5.34. The van der Waals surface area contributed by atoms with Gasteiger partial charge in [-0.3, -0.25) is 14.8 Å². The number of carbonyl (C=O) groups excluding carboxylic acids is 4. The van der Waals surface area contributed by atoms with Gasteiger partial charge in [0.15, 0.2) is 0 Å². The largest absolute Gasteiger partial charge is 0.379 e. The van der Waals surface area contributed by atoms with E-state index in [0.717, 1.165) is 0 Å². The van der Waals surface area contributed by atoms with Gasteiger partial charge in [0.25, 0.3) is 5.91 Å². The van der Waals surface area contributed by atoms with Crippen LogP contribution in [0.4, 0.5) is 0 Å². The summed E-state index contributed by atoms with van der Waals surface area (Å²) in [5.41, 5.74) is 0. The van der Waals surface area contributed by atoms with Gasteiger partial charge in [-0.25, -0.2) is 4.89 Å². The van der Waals surface area contributed by atoms with Crippen molar-refractivity contribution in [2.24, 2.45) is 0 Å². The number of carbonyl (C=O) groups is 2. The maximum atomic E-state index is 11.5. The van der Waals surface area contributed by atoms with Crippen molar-refractivity contribution < 1.29 is 48.3 Å². The smallest absolute Gasteiger partial charge is 0.373 e. The molecule has 11 nitrogen and oxygen atoms in total. The first kappa shape index (κ1) is 30.0. The number of rotatable bonds is 18. The van der Waals surface area contributed by atoms with Crippen LogP contribution in [0.25, 0.3) is 0 Å². The Balaban J connectivity index is 0. The van der Waals surface area contributed by atoms with Crippen molar-refractivity contribution in [1.82, 2.24) is 5.32 Å². The predicted molar refractivity (Wildman–Crippen MR) is 102 cm³/mol. The molecule has 0 aromatic heterocycles. The van der Waals surface area contributed by atoms with Gasteiger partial charge in [0.1, 0.15) is 0 Å². The molecule has 0 atom stereocenters. The molecule has 2 N–H and O–H groups in total. The van der Waals surface area contributed by atoms with Gasteiger partial charge < -0.3 is 24.3 Å². The standard InChI is InChI=1S/C18H31NO8.CO2/c1-2-23-13-14-24-9-3-5-17(20)6-7-18(21)19-8-12-26-16-15-25-10-4-11-27-22;2-1-3/h22H,2-5,8-16H2,1H3,(H,19,21);. The Kier molecular flexibility index (Phi) is 26.9. The number of ether oxygens (including phenoxy) is 4. The fourth-order valence-electron chi connectivity index (χ4n) is 1.72. The fraction of sp³-hybridized carbons (Fsp3) is 0.737. The highest BCUT2D eigenvalue weighted by Gasteiger charge is 1.99. The van der Waals surface area contributed by atoms with Gasteiger partial charge in [-0.05, 0) is 25.7 Å². The van der Waals surface area contributed by atoms with Crippen LogP contribution in [-0.2, 0) is 43.0 Å². The molecule has 0 fully saturated rings. The van der Waals surface area contributed by atoms with Crippen LogP contribution in [0.3, 0.4) is 0 Å². The first-order valence-electron chi connectivity index (χ1n) is 9.51. The molecule has 172 valence electrons. The molecule has 11 heteroatoms. The van der Waals surface area contributed by atoms with E-state index in [2.05, 4.69) is 22.0 Å². The molecule has 0 aliphatic carbocycles. The van der Waals surface area contributed by atoms with Crippen LogP contribution in [-0.4, -0.2) is 89.1 Å². The summed E-state index contributed by atoms with van der Waals surface area (Å²) in [5, 5.41) is 10.6. The van der Waals surface area contributed by atoms with E-state index in [4.69, 9.17) is 33.8 Å². The second kappa shape index (κ2) is 26.8. The predicted octanol–water partition coefficient (Wildman–Crippen LogP) is -0.162. The molecular weight excluding hydrogens is 402 g/mol. The van der Waals surface area contributed by atoms with Gasteiger partial charge in [-0.2, -0.15) is 9.59 Å². The third-order valence-electron chi connectivity index (χ3n) is 3.01. The molecule has 0 bridgehead atoms. The lowest BCUT2D eigenvalue weighted by atomic mass is 10.2. The zero-order chi connectivity index (χ0) is 22.7. The number of hydrogen-bond donors (Lipinski definition) is 2. The summed E-state index contributed by atoms with van der Waals surface area (Å²) in [7, 11) is 0. The molecular formula is C19H31NO10. The van der Waals surface area contributed by atoms with Crippen molar-refractivity contribution in [3.05, 3.63) is 0 Å². The molecule has 0 spiro atoms. The summed E-state index contributed by atoms with van der Waals surface area (Å²) < 4.78 is 20.9. The van der Waals surface area contributed by atoms with E-state index in [-0.39, 0.29) is 25.0 Å². The molecule has 0 aromatic carbocycles. The Morgan fingerprint density at radius 2 is 1.37 bits per heavy atom. The van der Waals surface area contributed by atoms with Gasteiger partial charge in [0.05, 0.1) is 39.6 Å². The van der Waals surface area contributed by atoms with Crippen LogP contribution < -0.4 is 5.32 Å². The van der Waals surface area contributed by atoms with Crippen LogP contribution in [0.2, 0.25) is 0 Å². The number of ketones is 1. The highest BCUT2D eigenvalue weighted by atomic mass is 17.1. The van der Waals surface area contributed by atoms with E-state index < -0.39 is 5.91 Å². The summed E-state index contributed by atoms with van der Waals surface area (Å²) in [5.74, 6) is 3.76. The average Bonchev–Trinajstić information content (AvgIpc) is 2.73. The Bertz CT molecular complexity index is 509. The third-order valence-corrected chi connectivity index (χ3v) is 3.01. The van der Waals surface area contributed by atoms with E-state index in [9.17, 15) is 9.59 Å². The summed E-state index contributed by atoms with van der Waals surface area (Å²) in [6.07, 6.45) is 1.66. The first-order valence-corrected chi connectivity index (χ1v) is 9.51. The SMILES string of the molecule is CCOCCOCCCC(=O)C#CC(=O)NCCOCCOCCCOO.O=C=O. The summed E-state index contributed by atoms with van der Waals surface area (Å²) in [6, 6.07) is 0. The van der Waals surface area contributed by atoms with Crippen molar-refractivity contribution >= 4 is 17.8 Å². The molecule has 0 aliphatic heterocycles. The quantitative estimate of drug-likeness (QED) is 0.0982. The zero-order valence-electron chi connectivity index (χ0n) is 17.3. The second-order valence-electron chi connectivity index (χ2n) is 5.34. The maximum absolute atomic E-state index is 11.5. The van der Waals surface area contributed by atoms with Crippen LogP contribution >= 0.6 is 0 Å². The molecule has 0 unspecified atom stereocenters. The van der Waals surface area contributed by atoms with Crippen LogP contribution in [0.15, 0.2) is 0 Å². The van der Waals surface area contributed by atoms with Crippen molar-refractivity contribution in [1.29, 1.82) is 0 Å². The summed E-state index contributed by atoms with van der Waals surface area (Å²) in [6.45, 7) is 6.22. The normalized spacial score (nSPS) is 9.53. The lowest BCUT2D eigenvalue weighted by molar-refractivity contribution is -0.244. The first-order chi connectivity index (χ1) is 14.6. The lowest BCUT2D eigenvalue weighted by Crippen LogP contribution is -2.26. The monoisotopic (exact) mass is 433 g/mol. The van der Waals surface area contributed by atoms with Crippen LogP contribution in [0.5, 0.6) is 0 Å². The van der Waals surface area contributed by atoms with Gasteiger partial charge in [0.2, 0.25) is 5.78 Å². The van der Waals surface area contributed by atoms with Gasteiger partial charge >= 0.3 is 6.15 Å². The van der Waals surface area contributed by atoms with Crippen molar-refractivity contribution in [3.8, 4) is 11.8 Å². The molecule has 0 saturated carbocycles. The van der Waals surface area contributed by atoms with E-state index in [1.807, 2.05) is 6.92 Å². The van der Waals surface area contributed by atoms with Gasteiger partial charge in [-0.1, -0.05) is 0 Å². The molecule has 1 amide bonds. The molecule has 0 heterocycles. The number of Topliss-reactive ketones (excluding diaryl/α,β-unsaturated/α-hetero) is 1. The van der Waals surface area contributed by atoms with Gasteiger partial charge in [-0.15, -0.1) is 0 Å².